The third kappa shape index (κ3) is 2.71. The molecule has 2 bridgehead atoms. The van der Waals surface area contributed by atoms with Gasteiger partial charge in [-0.25, -0.2) is 0 Å². The molecule has 1 nitrogen and oxygen atoms in total. The maximum atomic E-state index is 10.7. The second-order valence-corrected chi connectivity index (χ2v) is 7.08. The van der Waals surface area contributed by atoms with E-state index in [1.165, 1.54) is 25.7 Å². The summed E-state index contributed by atoms with van der Waals surface area (Å²) in [5.41, 5.74) is -0.312. The molecule has 0 saturated carbocycles. The van der Waals surface area contributed by atoms with E-state index in [9.17, 15) is 5.11 Å². The fourth-order valence-corrected chi connectivity index (χ4v) is 5.19. The van der Waals surface area contributed by atoms with Crippen LogP contribution in [0.1, 0.15) is 58.8 Å². The molecule has 0 radical (unpaired) electrons. The van der Waals surface area contributed by atoms with Gasteiger partial charge in [-0.2, -0.15) is 11.8 Å². The van der Waals surface area contributed by atoms with Crippen molar-refractivity contribution in [1.29, 1.82) is 0 Å². The average molecular weight is 228 g/mol. The van der Waals surface area contributed by atoms with Crippen LogP contribution in [0.5, 0.6) is 0 Å². The van der Waals surface area contributed by atoms with Gasteiger partial charge >= 0.3 is 0 Å². The molecule has 15 heavy (non-hydrogen) atoms. The fraction of sp³-hybridized carbons (Fsp3) is 1.00. The van der Waals surface area contributed by atoms with Crippen LogP contribution in [0.25, 0.3) is 0 Å². The van der Waals surface area contributed by atoms with Gasteiger partial charge in [0.05, 0.1) is 5.60 Å². The van der Waals surface area contributed by atoms with Gasteiger partial charge in [0.15, 0.2) is 0 Å². The van der Waals surface area contributed by atoms with Gasteiger partial charge in [0, 0.05) is 10.5 Å². The molecule has 2 heterocycles. The van der Waals surface area contributed by atoms with Gasteiger partial charge in [0.2, 0.25) is 0 Å². The molecule has 88 valence electrons. The molecule has 2 unspecified atom stereocenters. The number of hydrogen-bond acceptors (Lipinski definition) is 2. The molecule has 2 rings (SSSR count). The van der Waals surface area contributed by atoms with Crippen LogP contribution in [-0.2, 0) is 0 Å². The van der Waals surface area contributed by atoms with Gasteiger partial charge in [-0.3, -0.25) is 0 Å². The lowest BCUT2D eigenvalue weighted by atomic mass is 9.82. The Morgan fingerprint density at radius 1 is 1.20 bits per heavy atom. The number of hydrogen-bond donors (Lipinski definition) is 1. The topological polar surface area (TPSA) is 20.2 Å². The standard InChI is InChI=1S/C13H24OS/c1-3-10(4-2)7-13(14)8-11-5-6-12(9-13)15-11/h10-12,14H,3-9H2,1-2H3. The molecule has 2 fully saturated rings. The number of fused-ring (bicyclic) bond motifs is 2. The van der Waals surface area contributed by atoms with E-state index in [-0.39, 0.29) is 5.60 Å². The van der Waals surface area contributed by atoms with Crippen molar-refractivity contribution >= 4 is 11.8 Å². The van der Waals surface area contributed by atoms with E-state index in [0.29, 0.717) is 0 Å². The van der Waals surface area contributed by atoms with Crippen molar-refractivity contribution in [2.24, 2.45) is 5.92 Å². The average Bonchev–Trinajstić information content (AvgIpc) is 2.55. The molecule has 0 aromatic carbocycles. The van der Waals surface area contributed by atoms with E-state index in [2.05, 4.69) is 25.6 Å². The molecule has 0 amide bonds. The molecular formula is C13H24OS. The van der Waals surface area contributed by atoms with Crippen molar-refractivity contribution in [1.82, 2.24) is 0 Å². The number of aliphatic hydroxyl groups is 1. The van der Waals surface area contributed by atoms with Gasteiger partial charge in [-0.15, -0.1) is 0 Å². The van der Waals surface area contributed by atoms with Crippen LogP contribution in [0.3, 0.4) is 0 Å². The Kier molecular flexibility index (Phi) is 3.67. The molecule has 2 aliphatic rings. The van der Waals surface area contributed by atoms with Crippen molar-refractivity contribution in [2.45, 2.75) is 74.9 Å². The van der Waals surface area contributed by atoms with Gasteiger partial charge in [0.1, 0.15) is 0 Å². The Bertz CT molecular complexity index is 201. The van der Waals surface area contributed by atoms with E-state index >= 15 is 0 Å². The summed E-state index contributed by atoms with van der Waals surface area (Å²) in [5.74, 6) is 0.734. The van der Waals surface area contributed by atoms with E-state index in [4.69, 9.17) is 0 Å². The lowest BCUT2D eigenvalue weighted by molar-refractivity contribution is -0.000864. The summed E-state index contributed by atoms with van der Waals surface area (Å²) in [7, 11) is 0. The third-order valence-corrected chi connectivity index (χ3v) is 5.81. The van der Waals surface area contributed by atoms with Gasteiger partial charge in [0.25, 0.3) is 0 Å². The largest absolute Gasteiger partial charge is 0.390 e. The van der Waals surface area contributed by atoms with Gasteiger partial charge in [-0.1, -0.05) is 26.7 Å². The van der Waals surface area contributed by atoms with Crippen LogP contribution < -0.4 is 0 Å². The first-order valence-corrected chi connectivity index (χ1v) is 7.47. The lowest BCUT2D eigenvalue weighted by Crippen LogP contribution is -2.38. The van der Waals surface area contributed by atoms with Crippen LogP contribution >= 0.6 is 11.8 Å². The van der Waals surface area contributed by atoms with Crippen molar-refractivity contribution in [3.05, 3.63) is 0 Å². The highest BCUT2D eigenvalue weighted by Crippen LogP contribution is 2.49. The molecular weight excluding hydrogens is 204 g/mol. The first kappa shape index (κ1) is 11.8. The lowest BCUT2D eigenvalue weighted by Gasteiger charge is -2.38. The van der Waals surface area contributed by atoms with Crippen LogP contribution in [0.15, 0.2) is 0 Å². The quantitative estimate of drug-likeness (QED) is 0.793. The summed E-state index contributed by atoms with van der Waals surface area (Å²) in [4.78, 5) is 0. The summed E-state index contributed by atoms with van der Waals surface area (Å²) >= 11 is 2.14. The SMILES string of the molecule is CCC(CC)CC1(O)CC2CCC(C1)S2. The number of thioether (sulfide) groups is 1. The second-order valence-electron chi connectivity index (χ2n) is 5.48. The molecule has 0 aromatic rings. The highest BCUT2D eigenvalue weighted by atomic mass is 32.2. The van der Waals surface area contributed by atoms with Crippen LogP contribution in [0.4, 0.5) is 0 Å². The fourth-order valence-electron chi connectivity index (χ4n) is 3.29. The first-order valence-electron chi connectivity index (χ1n) is 6.53. The zero-order valence-electron chi connectivity index (χ0n) is 10.0. The van der Waals surface area contributed by atoms with Crippen molar-refractivity contribution < 1.29 is 5.11 Å². The maximum Gasteiger partial charge on any atom is 0.0671 e. The molecule has 2 heteroatoms. The van der Waals surface area contributed by atoms with Gasteiger partial charge < -0.3 is 5.11 Å². The normalized spacial score (nSPS) is 40.0. The minimum atomic E-state index is -0.312. The van der Waals surface area contributed by atoms with Crippen LogP contribution in [-0.4, -0.2) is 21.2 Å². The second kappa shape index (κ2) is 4.67. The Hall–Kier alpha value is 0.310. The zero-order valence-corrected chi connectivity index (χ0v) is 10.9. The summed E-state index contributed by atoms with van der Waals surface area (Å²) in [6.45, 7) is 4.51. The first-order chi connectivity index (χ1) is 7.15. The summed E-state index contributed by atoms with van der Waals surface area (Å²) in [6.07, 6.45) is 8.31. The van der Waals surface area contributed by atoms with Crippen molar-refractivity contribution in [3.63, 3.8) is 0 Å². The predicted octanol–water partition coefficient (Wildman–Crippen LogP) is 3.60. The molecule has 0 spiro atoms. The summed E-state index contributed by atoms with van der Waals surface area (Å²) in [5, 5.41) is 12.2. The van der Waals surface area contributed by atoms with E-state index < -0.39 is 0 Å². The highest BCUT2D eigenvalue weighted by Gasteiger charge is 2.43. The monoisotopic (exact) mass is 228 g/mol. The molecule has 1 N–H and O–H groups in total. The van der Waals surface area contributed by atoms with Gasteiger partial charge in [-0.05, 0) is 38.0 Å². The van der Waals surface area contributed by atoms with Crippen LogP contribution in [0.2, 0.25) is 0 Å². The Morgan fingerprint density at radius 2 is 1.73 bits per heavy atom. The van der Waals surface area contributed by atoms with E-state index in [1.54, 1.807) is 0 Å². The smallest absolute Gasteiger partial charge is 0.0671 e. The third-order valence-electron chi connectivity index (χ3n) is 4.23. The molecule has 2 atom stereocenters. The molecule has 0 aromatic heterocycles. The Morgan fingerprint density at radius 3 is 2.20 bits per heavy atom. The summed E-state index contributed by atoms with van der Waals surface area (Å²) in [6, 6.07) is 0. The Labute approximate surface area is 98.0 Å². The minimum absolute atomic E-state index is 0.312. The molecule has 0 aliphatic carbocycles. The summed E-state index contributed by atoms with van der Waals surface area (Å²) < 4.78 is 0. The Balaban J connectivity index is 1.94. The van der Waals surface area contributed by atoms with Crippen molar-refractivity contribution in [2.75, 3.05) is 0 Å². The highest BCUT2D eigenvalue weighted by molar-refractivity contribution is 8.00. The van der Waals surface area contributed by atoms with E-state index in [0.717, 1.165) is 35.7 Å². The maximum absolute atomic E-state index is 10.7. The predicted molar refractivity (Wildman–Crippen MR) is 67.3 cm³/mol. The molecule has 2 saturated heterocycles. The minimum Gasteiger partial charge on any atom is -0.390 e. The van der Waals surface area contributed by atoms with E-state index in [1.807, 2.05) is 0 Å². The zero-order chi connectivity index (χ0) is 10.9. The molecule has 2 aliphatic heterocycles. The van der Waals surface area contributed by atoms with Crippen molar-refractivity contribution in [3.8, 4) is 0 Å². The number of rotatable bonds is 4. The van der Waals surface area contributed by atoms with Crippen LogP contribution in [0, 0.1) is 5.92 Å².